The van der Waals surface area contributed by atoms with Crippen LogP contribution in [0, 0.1) is 13.8 Å². The van der Waals surface area contributed by atoms with Gasteiger partial charge in [0, 0.05) is 6.42 Å². The predicted molar refractivity (Wildman–Crippen MR) is 96.6 cm³/mol. The monoisotopic (exact) mass is 357 g/mol. The topological polar surface area (TPSA) is 82.5 Å². The SMILES string of the molecule is COc1ccc(Cc2nc(-c3cc(C)oc3C)n(CCO)n2)cc1OC. The first-order chi connectivity index (χ1) is 12.5. The molecule has 0 spiro atoms. The fourth-order valence-electron chi connectivity index (χ4n) is 2.94. The van der Waals surface area contributed by atoms with Gasteiger partial charge in [-0.1, -0.05) is 6.07 Å². The maximum absolute atomic E-state index is 9.35. The van der Waals surface area contributed by atoms with Crippen LogP contribution in [-0.2, 0) is 13.0 Å². The summed E-state index contributed by atoms with van der Waals surface area (Å²) in [5.41, 5.74) is 1.90. The van der Waals surface area contributed by atoms with Crippen LogP contribution < -0.4 is 9.47 Å². The highest BCUT2D eigenvalue weighted by Crippen LogP contribution is 2.29. The molecule has 138 valence electrons. The lowest BCUT2D eigenvalue weighted by Crippen LogP contribution is -2.06. The van der Waals surface area contributed by atoms with E-state index in [1.807, 2.05) is 38.1 Å². The number of aryl methyl sites for hydroxylation is 2. The van der Waals surface area contributed by atoms with E-state index in [9.17, 15) is 5.11 Å². The van der Waals surface area contributed by atoms with E-state index in [0.717, 1.165) is 22.6 Å². The molecule has 3 rings (SSSR count). The normalized spacial score (nSPS) is 11.0. The molecule has 0 saturated heterocycles. The van der Waals surface area contributed by atoms with Gasteiger partial charge in [-0.25, -0.2) is 9.67 Å². The minimum absolute atomic E-state index is 0.0119. The Morgan fingerprint density at radius 3 is 2.50 bits per heavy atom. The van der Waals surface area contributed by atoms with Gasteiger partial charge in [-0.3, -0.25) is 0 Å². The Morgan fingerprint density at radius 2 is 1.88 bits per heavy atom. The predicted octanol–water partition coefficient (Wildman–Crippen LogP) is 2.76. The van der Waals surface area contributed by atoms with Crippen LogP contribution in [0.2, 0.25) is 0 Å². The van der Waals surface area contributed by atoms with E-state index < -0.39 is 0 Å². The summed E-state index contributed by atoms with van der Waals surface area (Å²) in [5.74, 6) is 4.31. The van der Waals surface area contributed by atoms with Gasteiger partial charge in [0.15, 0.2) is 23.1 Å². The van der Waals surface area contributed by atoms with Gasteiger partial charge in [-0.2, -0.15) is 5.10 Å². The zero-order valence-electron chi connectivity index (χ0n) is 15.4. The largest absolute Gasteiger partial charge is 0.493 e. The molecule has 0 amide bonds. The van der Waals surface area contributed by atoms with E-state index >= 15 is 0 Å². The minimum Gasteiger partial charge on any atom is -0.493 e. The number of rotatable bonds is 7. The van der Waals surface area contributed by atoms with Crippen molar-refractivity contribution < 1.29 is 19.0 Å². The number of furan rings is 1. The van der Waals surface area contributed by atoms with Crippen LogP contribution in [0.1, 0.15) is 22.9 Å². The zero-order valence-corrected chi connectivity index (χ0v) is 15.4. The van der Waals surface area contributed by atoms with Gasteiger partial charge in [0.1, 0.15) is 11.5 Å². The molecule has 0 aliphatic heterocycles. The van der Waals surface area contributed by atoms with Crippen LogP contribution in [0.25, 0.3) is 11.4 Å². The summed E-state index contributed by atoms with van der Waals surface area (Å²) in [5, 5.41) is 13.9. The van der Waals surface area contributed by atoms with Crippen LogP contribution in [0.5, 0.6) is 11.5 Å². The Morgan fingerprint density at radius 1 is 1.12 bits per heavy atom. The molecule has 0 aliphatic rings. The second kappa shape index (κ2) is 7.61. The highest BCUT2D eigenvalue weighted by molar-refractivity contribution is 5.58. The summed E-state index contributed by atoms with van der Waals surface area (Å²) >= 11 is 0. The number of nitrogens with zero attached hydrogens (tertiary/aromatic N) is 3. The molecule has 2 aromatic heterocycles. The Labute approximate surface area is 152 Å². The number of ether oxygens (including phenoxy) is 2. The van der Waals surface area contributed by atoms with Crippen LogP contribution in [0.15, 0.2) is 28.7 Å². The van der Waals surface area contributed by atoms with Crippen LogP contribution in [0.4, 0.5) is 0 Å². The molecule has 26 heavy (non-hydrogen) atoms. The molecule has 7 nitrogen and oxygen atoms in total. The van der Waals surface area contributed by atoms with Gasteiger partial charge < -0.3 is 19.0 Å². The third kappa shape index (κ3) is 3.57. The van der Waals surface area contributed by atoms with Crippen molar-refractivity contribution in [3.05, 3.63) is 47.2 Å². The van der Waals surface area contributed by atoms with Crippen LogP contribution in [-0.4, -0.2) is 40.7 Å². The van der Waals surface area contributed by atoms with Crippen molar-refractivity contribution in [1.82, 2.24) is 14.8 Å². The number of aliphatic hydroxyl groups is 1. The molecule has 1 aromatic carbocycles. The first-order valence-corrected chi connectivity index (χ1v) is 8.38. The molecule has 1 N–H and O–H groups in total. The zero-order chi connectivity index (χ0) is 18.7. The molecule has 0 bridgehead atoms. The van der Waals surface area contributed by atoms with Crippen molar-refractivity contribution in [3.8, 4) is 22.9 Å². The maximum Gasteiger partial charge on any atom is 0.162 e. The van der Waals surface area contributed by atoms with Crippen LogP contribution in [0.3, 0.4) is 0 Å². The van der Waals surface area contributed by atoms with Gasteiger partial charge in [-0.05, 0) is 37.6 Å². The maximum atomic E-state index is 9.35. The summed E-state index contributed by atoms with van der Waals surface area (Å²) in [7, 11) is 3.22. The summed E-state index contributed by atoms with van der Waals surface area (Å²) in [4.78, 5) is 4.68. The van der Waals surface area contributed by atoms with Crippen LogP contribution >= 0.6 is 0 Å². The van der Waals surface area contributed by atoms with E-state index in [1.54, 1.807) is 18.9 Å². The molecule has 0 aliphatic carbocycles. The van der Waals surface area contributed by atoms with Crippen molar-refractivity contribution in [2.24, 2.45) is 0 Å². The molecule has 2 heterocycles. The molecular formula is C19H23N3O4. The lowest BCUT2D eigenvalue weighted by Gasteiger charge is -2.08. The number of methoxy groups -OCH3 is 2. The fourth-order valence-corrected chi connectivity index (χ4v) is 2.94. The Balaban J connectivity index is 1.94. The average Bonchev–Trinajstić information content (AvgIpc) is 3.17. The lowest BCUT2D eigenvalue weighted by atomic mass is 10.1. The van der Waals surface area contributed by atoms with E-state index in [4.69, 9.17) is 13.9 Å². The third-order valence-electron chi connectivity index (χ3n) is 4.12. The van der Waals surface area contributed by atoms with Crippen molar-refractivity contribution in [2.45, 2.75) is 26.8 Å². The van der Waals surface area contributed by atoms with E-state index in [-0.39, 0.29) is 6.61 Å². The lowest BCUT2D eigenvalue weighted by molar-refractivity contribution is 0.270. The fraction of sp³-hybridized carbons (Fsp3) is 0.368. The number of benzene rings is 1. The second-order valence-electron chi connectivity index (χ2n) is 5.99. The standard InChI is InChI=1S/C19H23N3O4/c1-12-9-15(13(2)26-12)19-20-18(21-22(19)7-8-23)11-14-5-6-16(24-3)17(10-14)25-4/h5-6,9-10,23H,7-8,11H2,1-4H3. The molecule has 0 fully saturated rings. The molecule has 0 atom stereocenters. The number of hydrogen-bond acceptors (Lipinski definition) is 6. The molecular weight excluding hydrogens is 334 g/mol. The first kappa shape index (κ1) is 18.0. The van der Waals surface area contributed by atoms with Gasteiger partial charge in [0.2, 0.25) is 0 Å². The van der Waals surface area contributed by atoms with Crippen molar-refractivity contribution in [3.63, 3.8) is 0 Å². The average molecular weight is 357 g/mol. The molecule has 0 unspecified atom stereocenters. The smallest absolute Gasteiger partial charge is 0.162 e. The van der Waals surface area contributed by atoms with Crippen molar-refractivity contribution in [2.75, 3.05) is 20.8 Å². The summed E-state index contributed by atoms with van der Waals surface area (Å²) in [6, 6.07) is 7.68. The van der Waals surface area contributed by atoms with Gasteiger partial charge in [0.25, 0.3) is 0 Å². The quantitative estimate of drug-likeness (QED) is 0.700. The van der Waals surface area contributed by atoms with E-state index in [2.05, 4.69) is 10.1 Å². The Hall–Kier alpha value is -2.80. The molecule has 0 saturated carbocycles. The second-order valence-corrected chi connectivity index (χ2v) is 5.99. The number of aliphatic hydroxyl groups excluding tert-OH is 1. The number of aromatic nitrogens is 3. The third-order valence-corrected chi connectivity index (χ3v) is 4.12. The van der Waals surface area contributed by atoms with Gasteiger partial charge >= 0.3 is 0 Å². The molecule has 0 radical (unpaired) electrons. The minimum atomic E-state index is -0.0119. The van der Waals surface area contributed by atoms with E-state index in [0.29, 0.717) is 36.1 Å². The Bertz CT molecular complexity index is 898. The molecule has 3 aromatic rings. The summed E-state index contributed by atoms with van der Waals surface area (Å²) < 4.78 is 18.0. The van der Waals surface area contributed by atoms with E-state index in [1.165, 1.54) is 0 Å². The van der Waals surface area contributed by atoms with Gasteiger partial charge in [0.05, 0.1) is 32.9 Å². The molecule has 7 heteroatoms. The van der Waals surface area contributed by atoms with Crippen molar-refractivity contribution >= 4 is 0 Å². The highest BCUT2D eigenvalue weighted by atomic mass is 16.5. The Kier molecular flexibility index (Phi) is 5.27. The number of hydrogen-bond donors (Lipinski definition) is 1. The summed E-state index contributed by atoms with van der Waals surface area (Å²) in [6.07, 6.45) is 0.543. The highest BCUT2D eigenvalue weighted by Gasteiger charge is 2.17. The van der Waals surface area contributed by atoms with Crippen molar-refractivity contribution in [1.29, 1.82) is 0 Å². The summed E-state index contributed by atoms with van der Waals surface area (Å²) in [6.45, 7) is 4.15. The van der Waals surface area contributed by atoms with Gasteiger partial charge in [-0.15, -0.1) is 0 Å². The first-order valence-electron chi connectivity index (χ1n) is 8.38.